The molecule has 0 aliphatic carbocycles. The Labute approximate surface area is 131 Å². The van der Waals surface area contributed by atoms with Crippen LogP contribution < -0.4 is 5.32 Å². The Kier molecular flexibility index (Phi) is 7.06. The number of carbonyl (C=O) groups is 1. The molecule has 1 amide bonds. The first-order valence-corrected chi connectivity index (χ1v) is 8.59. The maximum Gasteiger partial charge on any atom is 0.230 e. The average molecular weight is 308 g/mol. The second-order valence-electron chi connectivity index (χ2n) is 5.28. The molecule has 1 aromatic carbocycles. The third-order valence-corrected chi connectivity index (χ3v) is 4.48. The summed E-state index contributed by atoms with van der Waals surface area (Å²) in [5.74, 6) is 1.54. The fourth-order valence-corrected chi connectivity index (χ4v) is 2.99. The highest BCUT2D eigenvalue weighted by Gasteiger charge is 2.10. The summed E-state index contributed by atoms with van der Waals surface area (Å²) in [4.78, 5) is 14.1. The highest BCUT2D eigenvalue weighted by atomic mass is 32.2. The van der Waals surface area contributed by atoms with E-state index in [1.165, 1.54) is 11.1 Å². The maximum absolute atomic E-state index is 11.8. The monoisotopic (exact) mass is 308 g/mol. The van der Waals surface area contributed by atoms with Gasteiger partial charge in [0, 0.05) is 31.9 Å². The van der Waals surface area contributed by atoms with Gasteiger partial charge in [-0.3, -0.25) is 9.69 Å². The van der Waals surface area contributed by atoms with Crippen LogP contribution in [0.25, 0.3) is 0 Å². The van der Waals surface area contributed by atoms with Gasteiger partial charge in [0.15, 0.2) is 0 Å². The molecule has 0 radical (unpaired) electrons. The Morgan fingerprint density at radius 1 is 1.29 bits per heavy atom. The van der Waals surface area contributed by atoms with Crippen molar-refractivity contribution in [3.05, 3.63) is 35.4 Å². The van der Waals surface area contributed by atoms with Crippen LogP contribution >= 0.6 is 11.8 Å². The van der Waals surface area contributed by atoms with E-state index in [2.05, 4.69) is 41.4 Å². The number of morpholine rings is 1. The predicted octanol–water partition coefficient (Wildman–Crippen LogP) is 1.68. The van der Waals surface area contributed by atoms with Crippen molar-refractivity contribution in [1.82, 2.24) is 10.2 Å². The van der Waals surface area contributed by atoms with Gasteiger partial charge in [-0.1, -0.05) is 29.8 Å². The molecular weight excluding hydrogens is 284 g/mol. The van der Waals surface area contributed by atoms with Crippen molar-refractivity contribution in [1.29, 1.82) is 0 Å². The van der Waals surface area contributed by atoms with Gasteiger partial charge in [0.05, 0.1) is 19.0 Å². The molecule has 0 atom stereocenters. The first-order chi connectivity index (χ1) is 10.2. The van der Waals surface area contributed by atoms with Gasteiger partial charge in [0.2, 0.25) is 5.91 Å². The van der Waals surface area contributed by atoms with Gasteiger partial charge in [-0.2, -0.15) is 0 Å². The van der Waals surface area contributed by atoms with E-state index in [0.29, 0.717) is 5.75 Å². The average Bonchev–Trinajstić information content (AvgIpc) is 2.50. The third-order valence-electron chi connectivity index (χ3n) is 3.48. The molecule has 0 saturated carbocycles. The smallest absolute Gasteiger partial charge is 0.230 e. The van der Waals surface area contributed by atoms with Crippen LogP contribution in [0.3, 0.4) is 0 Å². The minimum Gasteiger partial charge on any atom is -0.379 e. The summed E-state index contributed by atoms with van der Waals surface area (Å²) in [5, 5.41) is 2.98. The van der Waals surface area contributed by atoms with Crippen molar-refractivity contribution in [3.8, 4) is 0 Å². The Morgan fingerprint density at radius 3 is 2.71 bits per heavy atom. The first kappa shape index (κ1) is 16.3. The quantitative estimate of drug-likeness (QED) is 0.832. The lowest BCUT2D eigenvalue weighted by Crippen LogP contribution is -2.41. The lowest BCUT2D eigenvalue weighted by atomic mass is 10.2. The molecule has 1 aliphatic rings. The normalized spacial score (nSPS) is 15.9. The van der Waals surface area contributed by atoms with Crippen molar-refractivity contribution in [2.24, 2.45) is 0 Å². The van der Waals surface area contributed by atoms with Gasteiger partial charge >= 0.3 is 0 Å². The molecule has 2 rings (SSSR count). The Morgan fingerprint density at radius 2 is 2.00 bits per heavy atom. The van der Waals surface area contributed by atoms with E-state index in [4.69, 9.17) is 4.74 Å². The van der Waals surface area contributed by atoms with Gasteiger partial charge in [-0.05, 0) is 12.5 Å². The summed E-state index contributed by atoms with van der Waals surface area (Å²) in [7, 11) is 0. The zero-order chi connectivity index (χ0) is 14.9. The van der Waals surface area contributed by atoms with Crippen LogP contribution in [-0.2, 0) is 15.3 Å². The highest BCUT2D eigenvalue weighted by Crippen LogP contribution is 2.12. The Hall–Kier alpha value is -1.04. The van der Waals surface area contributed by atoms with Crippen molar-refractivity contribution < 1.29 is 9.53 Å². The van der Waals surface area contributed by atoms with Crippen LogP contribution in [0.5, 0.6) is 0 Å². The van der Waals surface area contributed by atoms with Crippen LogP contribution in [0.2, 0.25) is 0 Å². The largest absolute Gasteiger partial charge is 0.379 e. The van der Waals surface area contributed by atoms with Gasteiger partial charge in [-0.15, -0.1) is 11.8 Å². The van der Waals surface area contributed by atoms with Gasteiger partial charge in [0.25, 0.3) is 0 Å². The summed E-state index contributed by atoms with van der Waals surface area (Å²) < 4.78 is 5.30. The van der Waals surface area contributed by atoms with Crippen LogP contribution in [0, 0.1) is 6.92 Å². The Bertz CT molecular complexity index is 430. The molecule has 0 unspecified atom stereocenters. The number of carbonyl (C=O) groups excluding carboxylic acids is 1. The van der Waals surface area contributed by atoms with Crippen molar-refractivity contribution in [2.75, 3.05) is 45.1 Å². The number of hydrogen-bond acceptors (Lipinski definition) is 4. The molecular formula is C16H24N2O2S. The van der Waals surface area contributed by atoms with E-state index >= 15 is 0 Å². The minimum atomic E-state index is 0.125. The zero-order valence-electron chi connectivity index (χ0n) is 12.6. The molecule has 1 aromatic rings. The van der Waals surface area contributed by atoms with Gasteiger partial charge in [0.1, 0.15) is 0 Å². The predicted molar refractivity (Wildman–Crippen MR) is 87.6 cm³/mol. The highest BCUT2D eigenvalue weighted by molar-refractivity contribution is 7.99. The van der Waals surface area contributed by atoms with E-state index < -0.39 is 0 Å². The van der Waals surface area contributed by atoms with Gasteiger partial charge < -0.3 is 10.1 Å². The minimum absolute atomic E-state index is 0.125. The number of aryl methyl sites for hydroxylation is 1. The molecule has 1 heterocycles. The molecule has 0 bridgehead atoms. The third kappa shape index (κ3) is 6.50. The lowest BCUT2D eigenvalue weighted by molar-refractivity contribution is -0.118. The molecule has 21 heavy (non-hydrogen) atoms. The first-order valence-electron chi connectivity index (χ1n) is 7.44. The molecule has 0 aromatic heterocycles. The van der Waals surface area contributed by atoms with E-state index in [9.17, 15) is 4.79 Å². The molecule has 1 saturated heterocycles. The number of rotatable bonds is 7. The molecule has 5 heteroatoms. The SMILES string of the molecule is Cc1ccc(CSCC(=O)NCCN2CCOCC2)cc1. The standard InChI is InChI=1S/C16H24N2O2S/c1-14-2-4-15(5-3-14)12-21-13-16(19)17-6-7-18-8-10-20-11-9-18/h2-5H,6-13H2,1H3,(H,17,19). The summed E-state index contributed by atoms with van der Waals surface area (Å²) >= 11 is 1.66. The Balaban J connectivity index is 1.54. The topological polar surface area (TPSA) is 41.6 Å². The summed E-state index contributed by atoms with van der Waals surface area (Å²) in [6.07, 6.45) is 0. The summed E-state index contributed by atoms with van der Waals surface area (Å²) in [6, 6.07) is 8.47. The van der Waals surface area contributed by atoms with Crippen LogP contribution in [0.15, 0.2) is 24.3 Å². The second kappa shape index (κ2) is 9.07. The maximum atomic E-state index is 11.8. The van der Waals surface area contributed by atoms with Crippen molar-refractivity contribution in [3.63, 3.8) is 0 Å². The fraction of sp³-hybridized carbons (Fsp3) is 0.562. The number of amides is 1. The number of benzene rings is 1. The van der Waals surface area contributed by atoms with Crippen LogP contribution in [0.1, 0.15) is 11.1 Å². The lowest BCUT2D eigenvalue weighted by Gasteiger charge is -2.26. The van der Waals surface area contributed by atoms with Crippen LogP contribution in [0.4, 0.5) is 0 Å². The molecule has 0 spiro atoms. The van der Waals surface area contributed by atoms with Gasteiger partial charge in [-0.25, -0.2) is 0 Å². The molecule has 1 fully saturated rings. The molecule has 1 aliphatic heterocycles. The van der Waals surface area contributed by atoms with Crippen molar-refractivity contribution >= 4 is 17.7 Å². The second-order valence-corrected chi connectivity index (χ2v) is 6.27. The molecule has 116 valence electrons. The van der Waals surface area contributed by atoms with E-state index in [1.54, 1.807) is 11.8 Å². The van der Waals surface area contributed by atoms with E-state index in [0.717, 1.165) is 45.1 Å². The molecule has 4 nitrogen and oxygen atoms in total. The van der Waals surface area contributed by atoms with Crippen LogP contribution in [-0.4, -0.2) is 56.0 Å². The molecule has 1 N–H and O–H groups in total. The van der Waals surface area contributed by atoms with E-state index in [1.807, 2.05) is 0 Å². The number of ether oxygens (including phenoxy) is 1. The number of hydrogen-bond donors (Lipinski definition) is 1. The number of nitrogens with one attached hydrogen (secondary N) is 1. The van der Waals surface area contributed by atoms with Crippen molar-refractivity contribution in [2.45, 2.75) is 12.7 Å². The fourth-order valence-electron chi connectivity index (χ4n) is 2.18. The number of nitrogens with zero attached hydrogens (tertiary/aromatic N) is 1. The summed E-state index contributed by atoms with van der Waals surface area (Å²) in [6.45, 7) is 7.28. The van der Waals surface area contributed by atoms with E-state index in [-0.39, 0.29) is 5.91 Å². The summed E-state index contributed by atoms with van der Waals surface area (Å²) in [5.41, 5.74) is 2.54. The number of thioether (sulfide) groups is 1. The zero-order valence-corrected chi connectivity index (χ0v) is 13.5.